The van der Waals surface area contributed by atoms with Gasteiger partial charge >= 0.3 is 0 Å². The molecule has 0 saturated heterocycles. The zero-order chi connectivity index (χ0) is 16.0. The number of thioether (sulfide) groups is 1. The van der Waals surface area contributed by atoms with Crippen LogP contribution in [0.3, 0.4) is 0 Å². The van der Waals surface area contributed by atoms with Crippen LogP contribution in [0.4, 0.5) is 0 Å². The van der Waals surface area contributed by atoms with E-state index in [-0.39, 0.29) is 5.56 Å². The maximum Gasteiger partial charge on any atom is 0.262 e. The second-order valence-electron chi connectivity index (χ2n) is 5.31. The zero-order valence-corrected chi connectivity index (χ0v) is 14.8. The molecule has 0 radical (unpaired) electrons. The highest BCUT2D eigenvalue weighted by Gasteiger charge is 2.16. The van der Waals surface area contributed by atoms with E-state index in [0.29, 0.717) is 5.75 Å². The Balaban J connectivity index is 2.01. The van der Waals surface area contributed by atoms with Crippen molar-refractivity contribution in [3.05, 3.63) is 37.8 Å². The molecule has 7 heteroatoms. The van der Waals surface area contributed by atoms with Crippen LogP contribution in [0.5, 0.6) is 0 Å². The highest BCUT2D eigenvalue weighted by molar-refractivity contribution is 7.98. The lowest BCUT2D eigenvalue weighted by molar-refractivity contribution is 0.392. The second-order valence-corrected chi connectivity index (χ2v) is 7.46. The highest BCUT2D eigenvalue weighted by atomic mass is 32.2. The molecule has 0 N–H and O–H groups in total. The Morgan fingerprint density at radius 1 is 1.27 bits per heavy atom. The van der Waals surface area contributed by atoms with Crippen LogP contribution < -0.4 is 5.56 Å². The predicted molar refractivity (Wildman–Crippen MR) is 89.9 cm³/mol. The standard InChI is InChI=1S/C15H17N3O2S2/c1-7-10(4)22-13-12(7)14(19)18(5)15(16-13)21-6-11-8(2)17-20-9(11)3/h6H2,1-5H3. The summed E-state index contributed by atoms with van der Waals surface area (Å²) in [6.45, 7) is 7.83. The Labute approximate surface area is 136 Å². The van der Waals surface area contributed by atoms with Crippen molar-refractivity contribution in [2.45, 2.75) is 38.6 Å². The van der Waals surface area contributed by atoms with Crippen molar-refractivity contribution in [1.82, 2.24) is 14.7 Å². The first-order chi connectivity index (χ1) is 10.4. The van der Waals surface area contributed by atoms with Gasteiger partial charge in [-0.25, -0.2) is 4.98 Å². The number of aryl methyl sites for hydroxylation is 4. The minimum Gasteiger partial charge on any atom is -0.361 e. The van der Waals surface area contributed by atoms with Gasteiger partial charge in [-0.2, -0.15) is 0 Å². The molecule has 5 nitrogen and oxygen atoms in total. The van der Waals surface area contributed by atoms with Gasteiger partial charge in [-0.3, -0.25) is 9.36 Å². The summed E-state index contributed by atoms with van der Waals surface area (Å²) < 4.78 is 6.81. The molecule has 22 heavy (non-hydrogen) atoms. The summed E-state index contributed by atoms with van der Waals surface area (Å²) in [4.78, 5) is 19.2. The summed E-state index contributed by atoms with van der Waals surface area (Å²) in [6, 6.07) is 0. The molecule has 0 saturated carbocycles. The van der Waals surface area contributed by atoms with Gasteiger partial charge < -0.3 is 4.52 Å². The minimum atomic E-state index is 0.0214. The quantitative estimate of drug-likeness (QED) is 0.541. The van der Waals surface area contributed by atoms with Crippen LogP contribution in [-0.2, 0) is 12.8 Å². The monoisotopic (exact) mass is 335 g/mol. The van der Waals surface area contributed by atoms with E-state index in [1.807, 2.05) is 27.7 Å². The van der Waals surface area contributed by atoms with Crippen LogP contribution in [0.1, 0.15) is 27.5 Å². The third-order valence-corrected chi connectivity index (χ3v) is 6.05. The summed E-state index contributed by atoms with van der Waals surface area (Å²) in [6.07, 6.45) is 0. The average Bonchev–Trinajstić information content (AvgIpc) is 2.94. The lowest BCUT2D eigenvalue weighted by Crippen LogP contribution is -2.19. The van der Waals surface area contributed by atoms with Gasteiger partial charge in [0.25, 0.3) is 5.56 Å². The molecule has 0 fully saturated rings. The first-order valence-electron chi connectivity index (χ1n) is 6.91. The summed E-state index contributed by atoms with van der Waals surface area (Å²) in [5.74, 6) is 1.51. The van der Waals surface area contributed by atoms with Gasteiger partial charge in [-0.15, -0.1) is 11.3 Å². The third-order valence-electron chi connectivity index (χ3n) is 3.90. The molecule has 3 rings (SSSR count). The van der Waals surface area contributed by atoms with Gasteiger partial charge in [0.2, 0.25) is 0 Å². The summed E-state index contributed by atoms with van der Waals surface area (Å²) in [7, 11) is 1.77. The molecule has 3 heterocycles. The van der Waals surface area contributed by atoms with Gasteiger partial charge in [0.1, 0.15) is 10.6 Å². The zero-order valence-electron chi connectivity index (χ0n) is 13.2. The predicted octanol–water partition coefficient (Wildman–Crippen LogP) is 3.51. The molecule has 116 valence electrons. The third kappa shape index (κ3) is 2.38. The molecular formula is C15H17N3O2S2. The normalized spacial score (nSPS) is 11.5. The maximum atomic E-state index is 12.6. The molecule has 0 spiro atoms. The van der Waals surface area contributed by atoms with Gasteiger partial charge in [0.05, 0.1) is 11.1 Å². The number of nitrogens with zero attached hydrogens (tertiary/aromatic N) is 3. The van der Waals surface area contributed by atoms with Crippen molar-refractivity contribution < 1.29 is 4.52 Å². The Morgan fingerprint density at radius 3 is 2.64 bits per heavy atom. The molecule has 0 bridgehead atoms. The maximum absolute atomic E-state index is 12.6. The topological polar surface area (TPSA) is 60.9 Å². The van der Waals surface area contributed by atoms with E-state index >= 15 is 0 Å². The fraction of sp³-hybridized carbons (Fsp3) is 0.400. The molecule has 0 aliphatic rings. The SMILES string of the molecule is Cc1noc(C)c1CSc1nc2sc(C)c(C)c2c(=O)n1C. The number of rotatable bonds is 3. The smallest absolute Gasteiger partial charge is 0.262 e. The number of hydrogen-bond acceptors (Lipinski definition) is 6. The van der Waals surface area contributed by atoms with Gasteiger partial charge in [-0.1, -0.05) is 16.9 Å². The Kier molecular flexibility index (Phi) is 3.86. The Hall–Kier alpha value is -1.60. The fourth-order valence-corrected chi connectivity index (χ4v) is 4.53. The largest absolute Gasteiger partial charge is 0.361 e. The van der Waals surface area contributed by atoms with Crippen LogP contribution >= 0.6 is 23.1 Å². The number of hydrogen-bond donors (Lipinski definition) is 0. The summed E-state index contributed by atoms with van der Waals surface area (Å²) >= 11 is 3.11. The van der Waals surface area contributed by atoms with Crippen LogP contribution in [0.2, 0.25) is 0 Å². The number of thiophene rings is 1. The van der Waals surface area contributed by atoms with E-state index in [1.54, 1.807) is 23.0 Å². The van der Waals surface area contributed by atoms with Gasteiger partial charge in [-0.05, 0) is 33.3 Å². The van der Waals surface area contributed by atoms with Crippen molar-refractivity contribution in [2.24, 2.45) is 7.05 Å². The van der Waals surface area contributed by atoms with Gasteiger partial charge in [0.15, 0.2) is 5.16 Å². The number of fused-ring (bicyclic) bond motifs is 1. The molecule has 3 aromatic rings. The van der Waals surface area contributed by atoms with E-state index in [0.717, 1.165) is 42.8 Å². The molecule has 0 atom stereocenters. The molecule has 0 unspecified atom stereocenters. The fourth-order valence-electron chi connectivity index (χ4n) is 2.33. The minimum absolute atomic E-state index is 0.0214. The summed E-state index contributed by atoms with van der Waals surface area (Å²) in [5, 5.41) is 5.42. The van der Waals surface area contributed by atoms with Crippen molar-refractivity contribution in [3.63, 3.8) is 0 Å². The lowest BCUT2D eigenvalue weighted by Gasteiger charge is -2.07. The highest BCUT2D eigenvalue weighted by Crippen LogP contribution is 2.29. The van der Waals surface area contributed by atoms with E-state index in [9.17, 15) is 4.79 Å². The molecule has 0 amide bonds. The van der Waals surface area contributed by atoms with Gasteiger partial charge in [0, 0.05) is 23.2 Å². The van der Waals surface area contributed by atoms with E-state index in [2.05, 4.69) is 10.1 Å². The molecular weight excluding hydrogens is 318 g/mol. The first-order valence-corrected chi connectivity index (χ1v) is 8.71. The first kappa shape index (κ1) is 15.3. The van der Waals surface area contributed by atoms with E-state index in [4.69, 9.17) is 4.52 Å². The van der Waals surface area contributed by atoms with Crippen LogP contribution in [0, 0.1) is 27.7 Å². The molecule has 3 aromatic heterocycles. The van der Waals surface area contributed by atoms with E-state index in [1.165, 1.54) is 11.8 Å². The van der Waals surface area contributed by atoms with Crippen molar-refractivity contribution >= 4 is 33.3 Å². The molecule has 0 aliphatic carbocycles. The summed E-state index contributed by atoms with van der Waals surface area (Å²) in [5.41, 5.74) is 3.01. The molecule has 0 aromatic carbocycles. The second kappa shape index (κ2) is 5.55. The van der Waals surface area contributed by atoms with E-state index < -0.39 is 0 Å². The van der Waals surface area contributed by atoms with Crippen LogP contribution in [0.25, 0.3) is 10.2 Å². The van der Waals surface area contributed by atoms with Crippen LogP contribution in [0.15, 0.2) is 14.5 Å². The Morgan fingerprint density at radius 2 is 2.00 bits per heavy atom. The van der Waals surface area contributed by atoms with Crippen LogP contribution in [-0.4, -0.2) is 14.7 Å². The van der Waals surface area contributed by atoms with Crippen molar-refractivity contribution in [2.75, 3.05) is 0 Å². The average molecular weight is 335 g/mol. The number of aromatic nitrogens is 3. The van der Waals surface area contributed by atoms with Crippen molar-refractivity contribution in [3.8, 4) is 0 Å². The molecule has 0 aliphatic heterocycles. The lowest BCUT2D eigenvalue weighted by atomic mass is 10.2. The Bertz CT molecular complexity index is 902. The van der Waals surface area contributed by atoms with Crippen molar-refractivity contribution in [1.29, 1.82) is 0 Å².